The van der Waals surface area contributed by atoms with Crippen molar-refractivity contribution in [3.63, 3.8) is 0 Å². The molecule has 0 fully saturated rings. The highest BCUT2D eigenvalue weighted by atomic mass is 16.5. The Labute approximate surface area is 192 Å². The number of benzene rings is 2. The molecule has 7 heteroatoms. The predicted octanol–water partition coefficient (Wildman–Crippen LogP) is 3.76. The number of aromatic nitrogens is 2. The second-order valence-corrected chi connectivity index (χ2v) is 7.72. The fraction of sp³-hybridized carbons (Fsp3) is 0.192. The summed E-state index contributed by atoms with van der Waals surface area (Å²) in [6, 6.07) is 20.3. The number of nitrogens with one attached hydrogen (secondary N) is 3. The summed E-state index contributed by atoms with van der Waals surface area (Å²) in [7, 11) is 0. The van der Waals surface area contributed by atoms with E-state index in [1.165, 1.54) is 0 Å². The van der Waals surface area contributed by atoms with Crippen LogP contribution in [0.25, 0.3) is 10.9 Å². The van der Waals surface area contributed by atoms with Crippen LogP contribution < -0.4 is 10.6 Å². The van der Waals surface area contributed by atoms with Gasteiger partial charge in [0.1, 0.15) is 12.6 Å². The normalized spacial score (nSPS) is 11.6. The van der Waals surface area contributed by atoms with Gasteiger partial charge in [-0.2, -0.15) is 0 Å². The van der Waals surface area contributed by atoms with Crippen LogP contribution in [0.15, 0.2) is 85.3 Å². The molecule has 2 heterocycles. The van der Waals surface area contributed by atoms with Gasteiger partial charge in [0.05, 0.1) is 0 Å². The van der Waals surface area contributed by atoms with Crippen LogP contribution in [0.2, 0.25) is 0 Å². The highest BCUT2D eigenvalue weighted by Crippen LogP contribution is 2.19. The van der Waals surface area contributed by atoms with E-state index >= 15 is 0 Å². The zero-order valence-electron chi connectivity index (χ0n) is 18.2. The van der Waals surface area contributed by atoms with Crippen molar-refractivity contribution in [3.8, 4) is 0 Å². The van der Waals surface area contributed by atoms with Gasteiger partial charge in [0, 0.05) is 42.5 Å². The first-order valence-corrected chi connectivity index (χ1v) is 10.9. The Morgan fingerprint density at radius 3 is 2.58 bits per heavy atom. The topological polar surface area (TPSA) is 96.1 Å². The van der Waals surface area contributed by atoms with Gasteiger partial charge in [-0.15, -0.1) is 0 Å². The number of hydrogen-bond donors (Lipinski definition) is 3. The van der Waals surface area contributed by atoms with Gasteiger partial charge in [0.2, 0.25) is 5.91 Å². The van der Waals surface area contributed by atoms with Gasteiger partial charge in [-0.3, -0.25) is 9.78 Å². The number of fused-ring (bicyclic) bond motifs is 1. The van der Waals surface area contributed by atoms with Crippen molar-refractivity contribution >= 4 is 22.9 Å². The van der Waals surface area contributed by atoms with Crippen molar-refractivity contribution in [2.45, 2.75) is 25.5 Å². The Hall–Kier alpha value is -4.13. The Morgan fingerprint density at radius 2 is 1.76 bits per heavy atom. The zero-order chi connectivity index (χ0) is 22.9. The minimum atomic E-state index is -0.777. The van der Waals surface area contributed by atoms with Crippen molar-refractivity contribution in [1.82, 2.24) is 20.6 Å². The molecule has 0 saturated heterocycles. The molecule has 0 bridgehead atoms. The monoisotopic (exact) mass is 442 g/mol. The standard InChI is InChI=1S/C26H26N4O3/c31-25(28-14-12-19-9-6-13-27-16-19)24(15-21-17-29-23-11-5-4-10-22(21)23)30-26(32)33-18-20-7-2-1-3-8-20/h1-11,13,16-17,24,29H,12,14-15,18H2,(H,28,31)(H,30,32)/t24-/m0/s1. The maximum absolute atomic E-state index is 13.0. The van der Waals surface area contributed by atoms with Crippen molar-refractivity contribution in [2.75, 3.05) is 6.54 Å². The van der Waals surface area contributed by atoms with E-state index in [0.29, 0.717) is 19.4 Å². The van der Waals surface area contributed by atoms with E-state index in [1.807, 2.05) is 72.9 Å². The summed E-state index contributed by atoms with van der Waals surface area (Å²) in [6.07, 6.45) is 5.71. The van der Waals surface area contributed by atoms with Crippen molar-refractivity contribution in [3.05, 3.63) is 102 Å². The molecule has 0 unspecified atom stereocenters. The molecule has 4 rings (SSSR count). The average molecular weight is 443 g/mol. The van der Waals surface area contributed by atoms with Crippen LogP contribution in [-0.2, 0) is 29.0 Å². The van der Waals surface area contributed by atoms with Crippen molar-refractivity contribution < 1.29 is 14.3 Å². The lowest BCUT2D eigenvalue weighted by atomic mass is 10.0. The summed E-state index contributed by atoms with van der Waals surface area (Å²) >= 11 is 0. The predicted molar refractivity (Wildman–Crippen MR) is 127 cm³/mol. The summed E-state index contributed by atoms with van der Waals surface area (Å²) in [5.74, 6) is -0.263. The minimum absolute atomic E-state index is 0.134. The second-order valence-electron chi connectivity index (χ2n) is 7.72. The van der Waals surface area contributed by atoms with Crippen LogP contribution >= 0.6 is 0 Å². The van der Waals surface area contributed by atoms with Gasteiger partial charge in [-0.05, 0) is 35.2 Å². The number of para-hydroxylation sites is 1. The number of alkyl carbamates (subject to hydrolysis) is 1. The average Bonchev–Trinajstić information content (AvgIpc) is 3.26. The molecule has 7 nitrogen and oxygen atoms in total. The number of carbonyl (C=O) groups is 2. The van der Waals surface area contributed by atoms with E-state index in [4.69, 9.17) is 4.74 Å². The summed E-state index contributed by atoms with van der Waals surface area (Å²) in [6.45, 7) is 0.574. The fourth-order valence-corrected chi connectivity index (χ4v) is 3.64. The van der Waals surface area contributed by atoms with Crippen LogP contribution in [0.3, 0.4) is 0 Å². The third-order valence-electron chi connectivity index (χ3n) is 5.36. The number of carbonyl (C=O) groups excluding carboxylic acids is 2. The highest BCUT2D eigenvalue weighted by Gasteiger charge is 2.23. The molecule has 33 heavy (non-hydrogen) atoms. The molecular formula is C26H26N4O3. The number of aromatic amines is 1. The molecule has 0 radical (unpaired) electrons. The van der Waals surface area contributed by atoms with E-state index < -0.39 is 12.1 Å². The van der Waals surface area contributed by atoms with E-state index in [2.05, 4.69) is 20.6 Å². The first-order chi connectivity index (χ1) is 16.2. The quantitative estimate of drug-likeness (QED) is 0.368. The Morgan fingerprint density at radius 1 is 0.970 bits per heavy atom. The molecule has 2 amide bonds. The summed E-state index contributed by atoms with van der Waals surface area (Å²) in [5, 5.41) is 6.68. The second kappa shape index (κ2) is 10.9. The maximum atomic E-state index is 13.0. The van der Waals surface area contributed by atoms with Gasteiger partial charge in [0.25, 0.3) is 0 Å². The summed E-state index contributed by atoms with van der Waals surface area (Å²) < 4.78 is 5.34. The fourth-order valence-electron chi connectivity index (χ4n) is 3.64. The molecule has 3 N–H and O–H groups in total. The van der Waals surface area contributed by atoms with Crippen LogP contribution in [-0.4, -0.2) is 34.6 Å². The van der Waals surface area contributed by atoms with Gasteiger partial charge in [-0.25, -0.2) is 4.79 Å². The van der Waals surface area contributed by atoms with E-state index in [1.54, 1.807) is 12.4 Å². The SMILES string of the molecule is O=C(N[C@@H](Cc1c[nH]c2ccccc12)C(=O)NCCc1cccnc1)OCc1ccccc1. The molecule has 0 aliphatic rings. The highest BCUT2D eigenvalue weighted by molar-refractivity contribution is 5.88. The lowest BCUT2D eigenvalue weighted by molar-refractivity contribution is -0.123. The molecule has 0 saturated carbocycles. The van der Waals surface area contributed by atoms with E-state index in [9.17, 15) is 9.59 Å². The van der Waals surface area contributed by atoms with E-state index in [0.717, 1.165) is 27.6 Å². The molecule has 0 aliphatic heterocycles. The number of nitrogens with zero attached hydrogens (tertiary/aromatic N) is 1. The van der Waals surface area contributed by atoms with Gasteiger partial charge < -0.3 is 20.4 Å². The Kier molecular flexibility index (Phi) is 7.33. The molecule has 168 valence electrons. The lowest BCUT2D eigenvalue weighted by Crippen LogP contribution is -2.48. The lowest BCUT2D eigenvalue weighted by Gasteiger charge is -2.18. The number of pyridine rings is 1. The first-order valence-electron chi connectivity index (χ1n) is 10.9. The Bertz CT molecular complexity index is 1190. The van der Waals surface area contributed by atoms with Crippen LogP contribution in [0.5, 0.6) is 0 Å². The van der Waals surface area contributed by atoms with Crippen LogP contribution in [0.4, 0.5) is 4.79 Å². The zero-order valence-corrected chi connectivity index (χ0v) is 18.2. The summed E-state index contributed by atoms with van der Waals surface area (Å²) in [5.41, 5.74) is 3.83. The van der Waals surface area contributed by atoms with Crippen molar-refractivity contribution in [1.29, 1.82) is 0 Å². The smallest absolute Gasteiger partial charge is 0.408 e. The molecule has 1 atom stereocenters. The number of hydrogen-bond acceptors (Lipinski definition) is 4. The first kappa shape index (κ1) is 22.1. The molecular weight excluding hydrogens is 416 g/mol. The minimum Gasteiger partial charge on any atom is -0.445 e. The van der Waals surface area contributed by atoms with Crippen molar-refractivity contribution in [2.24, 2.45) is 0 Å². The number of amides is 2. The van der Waals surface area contributed by atoms with Gasteiger partial charge >= 0.3 is 6.09 Å². The largest absolute Gasteiger partial charge is 0.445 e. The molecule has 2 aromatic heterocycles. The maximum Gasteiger partial charge on any atom is 0.408 e. The number of ether oxygens (including phenoxy) is 1. The molecule has 2 aromatic carbocycles. The summed E-state index contributed by atoms with van der Waals surface area (Å²) in [4.78, 5) is 32.8. The molecule has 0 spiro atoms. The van der Waals surface area contributed by atoms with Gasteiger partial charge in [-0.1, -0.05) is 54.6 Å². The van der Waals surface area contributed by atoms with Crippen LogP contribution in [0, 0.1) is 0 Å². The van der Waals surface area contributed by atoms with Crippen LogP contribution in [0.1, 0.15) is 16.7 Å². The number of rotatable bonds is 9. The molecule has 4 aromatic rings. The molecule has 0 aliphatic carbocycles. The van der Waals surface area contributed by atoms with Gasteiger partial charge in [0.15, 0.2) is 0 Å². The third-order valence-corrected chi connectivity index (χ3v) is 5.36. The van der Waals surface area contributed by atoms with E-state index in [-0.39, 0.29) is 12.5 Å². The Balaban J connectivity index is 1.41. The number of H-pyrrole nitrogens is 1. The third kappa shape index (κ3) is 6.20.